The predicted octanol–water partition coefficient (Wildman–Crippen LogP) is 3.44. The lowest BCUT2D eigenvalue weighted by Gasteiger charge is -2.26. The summed E-state index contributed by atoms with van der Waals surface area (Å²) >= 11 is 0. The molecule has 24 heavy (non-hydrogen) atoms. The molecule has 0 N–H and O–H groups in total. The van der Waals surface area contributed by atoms with Gasteiger partial charge in [-0.2, -0.15) is 0 Å². The van der Waals surface area contributed by atoms with Crippen molar-refractivity contribution in [1.82, 2.24) is 4.90 Å². The van der Waals surface area contributed by atoms with E-state index in [0.717, 1.165) is 55.3 Å². The number of aryl methyl sites for hydroxylation is 1. The average Bonchev–Trinajstić information content (AvgIpc) is 2.61. The third-order valence-corrected chi connectivity index (χ3v) is 4.30. The van der Waals surface area contributed by atoms with Crippen LogP contribution < -0.4 is 4.74 Å². The van der Waals surface area contributed by atoms with E-state index in [0.29, 0.717) is 13.0 Å². The largest absolute Gasteiger partial charge is 0.492 e. The minimum Gasteiger partial charge on any atom is -0.492 e. The van der Waals surface area contributed by atoms with Crippen molar-refractivity contribution in [2.45, 2.75) is 13.3 Å². The lowest BCUT2D eigenvalue weighted by molar-refractivity contribution is 0.0322. The minimum absolute atomic E-state index is 0.147. The molecule has 0 radical (unpaired) electrons. The molecule has 0 saturated carbocycles. The Morgan fingerprint density at radius 1 is 1.08 bits per heavy atom. The first-order valence-corrected chi connectivity index (χ1v) is 8.47. The van der Waals surface area contributed by atoms with Crippen molar-refractivity contribution in [2.75, 3.05) is 39.5 Å². The van der Waals surface area contributed by atoms with E-state index in [1.54, 1.807) is 6.07 Å². The predicted molar refractivity (Wildman–Crippen MR) is 93.1 cm³/mol. The van der Waals surface area contributed by atoms with Crippen molar-refractivity contribution >= 4 is 0 Å². The Balaban J connectivity index is 1.50. The normalized spacial score (nSPS) is 15.4. The number of benzene rings is 2. The molecule has 0 atom stereocenters. The molecule has 0 amide bonds. The minimum atomic E-state index is -0.147. The van der Waals surface area contributed by atoms with Crippen LogP contribution in [0.15, 0.2) is 42.5 Å². The smallest absolute Gasteiger partial charge is 0.126 e. The molecule has 0 spiro atoms. The van der Waals surface area contributed by atoms with E-state index in [-0.39, 0.29) is 5.82 Å². The van der Waals surface area contributed by atoms with Gasteiger partial charge in [-0.3, -0.25) is 4.90 Å². The second-order valence-electron chi connectivity index (χ2n) is 6.22. The van der Waals surface area contributed by atoms with E-state index in [2.05, 4.69) is 4.90 Å². The number of rotatable bonds is 6. The van der Waals surface area contributed by atoms with Crippen molar-refractivity contribution in [3.63, 3.8) is 0 Å². The fourth-order valence-corrected chi connectivity index (χ4v) is 2.88. The van der Waals surface area contributed by atoms with Crippen LogP contribution in [-0.4, -0.2) is 44.4 Å². The Kier molecular flexibility index (Phi) is 5.83. The molecular weight excluding hydrogens is 305 g/mol. The number of ether oxygens (including phenoxy) is 2. The van der Waals surface area contributed by atoms with Gasteiger partial charge in [0.25, 0.3) is 0 Å². The summed E-state index contributed by atoms with van der Waals surface area (Å²) in [5.41, 5.74) is 2.89. The van der Waals surface area contributed by atoms with Crippen molar-refractivity contribution in [3.05, 3.63) is 65.0 Å². The van der Waals surface area contributed by atoms with E-state index in [1.807, 2.05) is 37.3 Å². The molecule has 4 heteroatoms. The fourth-order valence-electron chi connectivity index (χ4n) is 2.88. The SMILES string of the molecule is Cc1ccc(F)c(Cc2ccc(OCCN3CCOCC3)cc2)c1. The van der Waals surface area contributed by atoms with Crippen LogP contribution >= 0.6 is 0 Å². The van der Waals surface area contributed by atoms with E-state index in [4.69, 9.17) is 9.47 Å². The number of nitrogens with zero attached hydrogens (tertiary/aromatic N) is 1. The van der Waals surface area contributed by atoms with Crippen LogP contribution in [0.4, 0.5) is 4.39 Å². The van der Waals surface area contributed by atoms with Gasteiger partial charge < -0.3 is 9.47 Å². The van der Waals surface area contributed by atoms with Gasteiger partial charge >= 0.3 is 0 Å². The van der Waals surface area contributed by atoms with Crippen molar-refractivity contribution < 1.29 is 13.9 Å². The monoisotopic (exact) mass is 329 g/mol. The topological polar surface area (TPSA) is 21.7 Å². The van der Waals surface area contributed by atoms with Gasteiger partial charge in [0, 0.05) is 26.1 Å². The van der Waals surface area contributed by atoms with Crippen molar-refractivity contribution in [1.29, 1.82) is 0 Å². The Bertz CT molecular complexity index is 651. The Morgan fingerprint density at radius 2 is 1.83 bits per heavy atom. The molecule has 2 aromatic rings. The van der Waals surface area contributed by atoms with Gasteiger partial charge in [0.05, 0.1) is 13.2 Å². The summed E-state index contributed by atoms with van der Waals surface area (Å²) in [5, 5.41) is 0. The summed E-state index contributed by atoms with van der Waals surface area (Å²) in [4.78, 5) is 2.35. The molecule has 128 valence electrons. The molecule has 3 rings (SSSR count). The number of hydrogen-bond donors (Lipinski definition) is 0. The zero-order valence-corrected chi connectivity index (χ0v) is 14.1. The maximum atomic E-state index is 13.8. The van der Waals surface area contributed by atoms with E-state index >= 15 is 0 Å². The Hall–Kier alpha value is -1.91. The molecule has 0 unspecified atom stereocenters. The van der Waals surface area contributed by atoms with Gasteiger partial charge in [-0.25, -0.2) is 4.39 Å². The third-order valence-electron chi connectivity index (χ3n) is 4.30. The quantitative estimate of drug-likeness (QED) is 0.810. The second-order valence-corrected chi connectivity index (χ2v) is 6.22. The van der Waals surface area contributed by atoms with Crippen LogP contribution in [0.2, 0.25) is 0 Å². The Morgan fingerprint density at radius 3 is 2.58 bits per heavy atom. The number of halogens is 1. The lowest BCUT2D eigenvalue weighted by atomic mass is 10.0. The fraction of sp³-hybridized carbons (Fsp3) is 0.400. The average molecular weight is 329 g/mol. The van der Waals surface area contributed by atoms with E-state index in [1.165, 1.54) is 6.07 Å². The maximum absolute atomic E-state index is 13.8. The third kappa shape index (κ3) is 4.79. The van der Waals surface area contributed by atoms with Crippen LogP contribution in [0.5, 0.6) is 5.75 Å². The molecule has 1 aliphatic rings. The molecule has 0 bridgehead atoms. The van der Waals surface area contributed by atoms with E-state index in [9.17, 15) is 4.39 Å². The van der Waals surface area contributed by atoms with Crippen LogP contribution in [0.3, 0.4) is 0 Å². The van der Waals surface area contributed by atoms with Crippen LogP contribution in [0.25, 0.3) is 0 Å². The molecule has 1 saturated heterocycles. The van der Waals surface area contributed by atoms with Gasteiger partial charge in [0.2, 0.25) is 0 Å². The summed E-state index contributed by atoms with van der Waals surface area (Å²) in [7, 11) is 0. The molecular formula is C20H24FNO2. The van der Waals surface area contributed by atoms with E-state index < -0.39 is 0 Å². The molecule has 1 heterocycles. The molecule has 1 aliphatic heterocycles. The molecule has 0 aromatic heterocycles. The summed E-state index contributed by atoms with van der Waals surface area (Å²) in [5.74, 6) is 0.711. The van der Waals surface area contributed by atoms with Gasteiger partial charge in [-0.1, -0.05) is 29.8 Å². The standard InChI is InChI=1S/C20H24FNO2/c1-16-2-7-20(21)18(14-16)15-17-3-5-19(6-4-17)24-13-10-22-8-11-23-12-9-22/h2-7,14H,8-13,15H2,1H3. The summed E-state index contributed by atoms with van der Waals surface area (Å²) in [6.07, 6.45) is 0.599. The van der Waals surface area contributed by atoms with Gasteiger partial charge in [-0.05, 0) is 36.2 Å². The summed E-state index contributed by atoms with van der Waals surface area (Å²) in [6, 6.07) is 13.2. The zero-order chi connectivity index (χ0) is 16.8. The highest BCUT2D eigenvalue weighted by molar-refractivity contribution is 5.33. The molecule has 0 aliphatic carbocycles. The van der Waals surface area contributed by atoms with Crippen LogP contribution in [0.1, 0.15) is 16.7 Å². The Labute approximate surface area is 143 Å². The highest BCUT2D eigenvalue weighted by Gasteiger charge is 2.09. The summed E-state index contributed by atoms with van der Waals surface area (Å²) < 4.78 is 25.0. The van der Waals surface area contributed by atoms with Gasteiger partial charge in [-0.15, -0.1) is 0 Å². The second kappa shape index (κ2) is 8.27. The molecule has 1 fully saturated rings. The lowest BCUT2D eigenvalue weighted by Crippen LogP contribution is -2.38. The first kappa shape index (κ1) is 16.9. The number of hydrogen-bond acceptors (Lipinski definition) is 3. The summed E-state index contributed by atoms with van der Waals surface area (Å²) in [6.45, 7) is 7.14. The molecule has 2 aromatic carbocycles. The molecule has 3 nitrogen and oxygen atoms in total. The van der Waals surface area contributed by atoms with Crippen LogP contribution in [0, 0.1) is 12.7 Å². The van der Waals surface area contributed by atoms with Crippen molar-refractivity contribution in [3.8, 4) is 5.75 Å². The van der Waals surface area contributed by atoms with Crippen molar-refractivity contribution in [2.24, 2.45) is 0 Å². The number of morpholine rings is 1. The maximum Gasteiger partial charge on any atom is 0.126 e. The van der Waals surface area contributed by atoms with Gasteiger partial charge in [0.1, 0.15) is 18.2 Å². The van der Waals surface area contributed by atoms with Crippen LogP contribution in [-0.2, 0) is 11.2 Å². The zero-order valence-electron chi connectivity index (χ0n) is 14.1. The van der Waals surface area contributed by atoms with Gasteiger partial charge in [0.15, 0.2) is 0 Å². The highest BCUT2D eigenvalue weighted by atomic mass is 19.1. The first-order valence-electron chi connectivity index (χ1n) is 8.47. The highest BCUT2D eigenvalue weighted by Crippen LogP contribution is 2.18. The first-order chi connectivity index (χ1) is 11.7.